The molecule has 5 heteroatoms. The summed E-state index contributed by atoms with van der Waals surface area (Å²) >= 11 is 0.0177. The first-order chi connectivity index (χ1) is 7.88. The van der Waals surface area contributed by atoms with Crippen molar-refractivity contribution < 1.29 is 13.2 Å². The molecule has 0 bridgehead atoms. The van der Waals surface area contributed by atoms with Crippen LogP contribution in [0.5, 0.6) is 0 Å². The maximum Gasteiger partial charge on any atom is 0.441 e. The molecular weight excluding hydrogens is 247 g/mol. The third-order valence-electron chi connectivity index (χ3n) is 3.07. The summed E-state index contributed by atoms with van der Waals surface area (Å²) in [6.45, 7) is 0. The first-order valence-electron chi connectivity index (χ1n) is 5.44. The molecule has 0 saturated carbocycles. The molecule has 0 heterocycles. The summed E-state index contributed by atoms with van der Waals surface area (Å²) in [6, 6.07) is 7.88. The van der Waals surface area contributed by atoms with Gasteiger partial charge >= 0.3 is 5.51 Å². The molecule has 0 fully saturated rings. The van der Waals surface area contributed by atoms with Crippen LogP contribution in [0.3, 0.4) is 0 Å². The molecule has 0 spiro atoms. The number of rotatable bonds is 3. The van der Waals surface area contributed by atoms with Gasteiger partial charge in [0, 0.05) is 11.3 Å². The lowest BCUT2D eigenvalue weighted by atomic mass is 9.94. The van der Waals surface area contributed by atoms with Gasteiger partial charge in [-0.15, -0.1) is 0 Å². The van der Waals surface area contributed by atoms with Crippen molar-refractivity contribution in [3.8, 4) is 0 Å². The van der Waals surface area contributed by atoms with E-state index in [4.69, 9.17) is 5.73 Å². The Bertz CT molecular complexity index is 378. The topological polar surface area (TPSA) is 26.0 Å². The molecule has 2 N–H and O–H groups in total. The van der Waals surface area contributed by atoms with E-state index in [-0.39, 0.29) is 17.5 Å². The summed E-state index contributed by atoms with van der Waals surface area (Å²) in [5.74, 6) is 0.0357. The van der Waals surface area contributed by atoms with Crippen LogP contribution in [0.15, 0.2) is 24.3 Å². The molecular formula is C12H14F3NS. The molecule has 1 aromatic rings. The van der Waals surface area contributed by atoms with Crippen molar-refractivity contribution in [1.82, 2.24) is 0 Å². The van der Waals surface area contributed by atoms with Crippen molar-refractivity contribution in [2.24, 2.45) is 5.73 Å². The molecule has 0 aliphatic heterocycles. The minimum absolute atomic E-state index is 0.0177. The van der Waals surface area contributed by atoms with Crippen molar-refractivity contribution in [2.45, 2.75) is 30.3 Å². The molecule has 0 amide bonds. The Balaban J connectivity index is 1.91. The van der Waals surface area contributed by atoms with Gasteiger partial charge < -0.3 is 5.73 Å². The van der Waals surface area contributed by atoms with Gasteiger partial charge in [-0.25, -0.2) is 0 Å². The second kappa shape index (κ2) is 4.53. The van der Waals surface area contributed by atoms with Crippen molar-refractivity contribution in [3.05, 3.63) is 35.4 Å². The van der Waals surface area contributed by atoms with Gasteiger partial charge in [-0.1, -0.05) is 36.0 Å². The van der Waals surface area contributed by atoms with E-state index in [9.17, 15) is 13.2 Å². The highest BCUT2D eigenvalue weighted by Gasteiger charge is 2.35. The van der Waals surface area contributed by atoms with Crippen LogP contribution >= 0.6 is 11.8 Å². The first kappa shape index (κ1) is 12.8. The molecule has 1 aromatic carbocycles. The second-order valence-electron chi connectivity index (χ2n) is 4.53. The molecule has 0 atom stereocenters. The van der Waals surface area contributed by atoms with E-state index in [2.05, 4.69) is 0 Å². The number of hydrogen-bond acceptors (Lipinski definition) is 2. The smallest absolute Gasteiger partial charge is 0.324 e. The van der Waals surface area contributed by atoms with Crippen molar-refractivity contribution in [2.75, 3.05) is 5.75 Å². The number of thioether (sulfide) groups is 1. The SMILES string of the molecule is NC1(CCSC(F)(F)F)Cc2ccccc2C1. The maximum absolute atomic E-state index is 12.0. The molecule has 0 aromatic heterocycles. The Morgan fingerprint density at radius 1 is 1.18 bits per heavy atom. The van der Waals surface area contributed by atoms with Crippen LogP contribution in [0.1, 0.15) is 17.5 Å². The fraction of sp³-hybridized carbons (Fsp3) is 0.500. The second-order valence-corrected chi connectivity index (χ2v) is 5.69. The summed E-state index contributed by atoms with van der Waals surface area (Å²) in [5, 5.41) is 0. The zero-order chi connectivity index (χ0) is 12.5. The Labute approximate surface area is 103 Å². The summed E-state index contributed by atoms with van der Waals surface area (Å²) in [4.78, 5) is 0. The lowest BCUT2D eigenvalue weighted by Gasteiger charge is -2.23. The molecule has 1 aliphatic carbocycles. The van der Waals surface area contributed by atoms with Gasteiger partial charge in [0.2, 0.25) is 0 Å². The molecule has 17 heavy (non-hydrogen) atoms. The Hall–Kier alpha value is -0.680. The van der Waals surface area contributed by atoms with E-state index in [1.165, 1.54) is 11.1 Å². The predicted octanol–water partition coefficient (Wildman–Crippen LogP) is 3.13. The molecule has 0 radical (unpaired) electrons. The summed E-state index contributed by atoms with van der Waals surface area (Å²) in [6.07, 6.45) is 1.76. The maximum atomic E-state index is 12.0. The molecule has 0 saturated heterocycles. The van der Waals surface area contributed by atoms with Gasteiger partial charge in [0.25, 0.3) is 0 Å². The van der Waals surface area contributed by atoms with Crippen LogP contribution in [-0.4, -0.2) is 16.8 Å². The van der Waals surface area contributed by atoms with Crippen LogP contribution in [0.2, 0.25) is 0 Å². The van der Waals surface area contributed by atoms with Crippen molar-refractivity contribution in [1.29, 1.82) is 0 Å². The molecule has 1 nitrogen and oxygen atoms in total. The van der Waals surface area contributed by atoms with Gasteiger partial charge in [-0.3, -0.25) is 0 Å². The minimum Gasteiger partial charge on any atom is -0.324 e. The number of alkyl halides is 3. The average molecular weight is 261 g/mol. The number of nitrogens with two attached hydrogens (primary N) is 1. The number of fused-ring (bicyclic) bond motifs is 1. The number of benzene rings is 1. The van der Waals surface area contributed by atoms with Crippen LogP contribution in [0.25, 0.3) is 0 Å². The van der Waals surface area contributed by atoms with E-state index in [0.29, 0.717) is 19.3 Å². The summed E-state index contributed by atoms with van der Waals surface area (Å²) < 4.78 is 36.1. The number of halogens is 3. The van der Waals surface area contributed by atoms with Gasteiger partial charge in [-0.2, -0.15) is 13.2 Å². The van der Waals surface area contributed by atoms with Gasteiger partial charge in [0.15, 0.2) is 0 Å². The van der Waals surface area contributed by atoms with Crippen molar-refractivity contribution >= 4 is 11.8 Å². The predicted molar refractivity (Wildman–Crippen MR) is 63.9 cm³/mol. The van der Waals surface area contributed by atoms with E-state index in [0.717, 1.165) is 0 Å². The lowest BCUT2D eigenvalue weighted by Crippen LogP contribution is -2.41. The highest BCUT2D eigenvalue weighted by atomic mass is 32.2. The molecule has 1 aliphatic rings. The van der Waals surface area contributed by atoms with E-state index >= 15 is 0 Å². The largest absolute Gasteiger partial charge is 0.441 e. The minimum atomic E-state index is -4.15. The zero-order valence-electron chi connectivity index (χ0n) is 9.26. The van der Waals surface area contributed by atoms with Crippen LogP contribution in [0, 0.1) is 0 Å². The quantitative estimate of drug-likeness (QED) is 0.904. The van der Waals surface area contributed by atoms with E-state index < -0.39 is 11.0 Å². The van der Waals surface area contributed by atoms with Gasteiger partial charge in [0.05, 0.1) is 0 Å². The monoisotopic (exact) mass is 261 g/mol. The fourth-order valence-corrected chi connectivity index (χ4v) is 3.01. The van der Waals surface area contributed by atoms with Crippen LogP contribution in [0.4, 0.5) is 13.2 Å². The Morgan fingerprint density at radius 2 is 1.71 bits per heavy atom. The standard InChI is InChI=1S/C12H14F3NS/c13-12(14,15)17-6-5-11(16)7-9-3-1-2-4-10(9)8-11/h1-4H,5-8,16H2. The third kappa shape index (κ3) is 3.39. The number of hydrogen-bond donors (Lipinski definition) is 1. The third-order valence-corrected chi connectivity index (χ3v) is 3.80. The Kier molecular flexibility index (Phi) is 3.41. The highest BCUT2D eigenvalue weighted by molar-refractivity contribution is 8.00. The average Bonchev–Trinajstić information content (AvgIpc) is 2.51. The van der Waals surface area contributed by atoms with E-state index in [1.807, 2.05) is 24.3 Å². The molecule has 0 unspecified atom stereocenters. The highest BCUT2D eigenvalue weighted by Crippen LogP contribution is 2.35. The van der Waals surface area contributed by atoms with E-state index in [1.54, 1.807) is 0 Å². The van der Waals surface area contributed by atoms with Gasteiger partial charge in [-0.05, 0) is 30.4 Å². The Morgan fingerprint density at radius 3 is 2.18 bits per heavy atom. The van der Waals surface area contributed by atoms with Crippen LogP contribution in [-0.2, 0) is 12.8 Å². The molecule has 94 valence electrons. The van der Waals surface area contributed by atoms with Crippen LogP contribution < -0.4 is 5.73 Å². The molecule has 2 rings (SSSR count). The summed E-state index contributed by atoms with van der Waals surface area (Å²) in [5.41, 5.74) is 3.86. The first-order valence-corrected chi connectivity index (χ1v) is 6.43. The zero-order valence-corrected chi connectivity index (χ0v) is 10.1. The van der Waals surface area contributed by atoms with Crippen molar-refractivity contribution in [3.63, 3.8) is 0 Å². The van der Waals surface area contributed by atoms with Gasteiger partial charge in [0.1, 0.15) is 0 Å². The summed E-state index contributed by atoms with van der Waals surface area (Å²) in [7, 11) is 0. The fourth-order valence-electron chi connectivity index (χ4n) is 2.27. The lowest BCUT2D eigenvalue weighted by molar-refractivity contribution is -0.0328. The normalized spacial score (nSPS) is 18.1.